The van der Waals surface area contributed by atoms with E-state index in [-0.39, 0.29) is 12.2 Å². The lowest BCUT2D eigenvalue weighted by atomic mass is 10.1. The molecule has 10 heteroatoms. The molecule has 226 valence electrons. The van der Waals surface area contributed by atoms with E-state index in [2.05, 4.69) is 24.3 Å². The van der Waals surface area contributed by atoms with Crippen molar-refractivity contribution in [1.82, 2.24) is 0 Å². The normalized spacial score (nSPS) is 21.5. The largest absolute Gasteiger partial charge is 0.399 e. The molecule has 0 spiro atoms. The molecule has 2 aliphatic rings. The summed E-state index contributed by atoms with van der Waals surface area (Å²) < 4.78 is 51.2. The van der Waals surface area contributed by atoms with Crippen LogP contribution in [0.5, 0.6) is 0 Å². The quantitative estimate of drug-likeness (QED) is 0.190. The topological polar surface area (TPSA) is 89.5 Å². The van der Waals surface area contributed by atoms with Crippen molar-refractivity contribution >= 4 is 60.4 Å². The lowest BCUT2D eigenvalue weighted by Crippen LogP contribution is -2.35. The van der Waals surface area contributed by atoms with Crippen LogP contribution in [0.1, 0.15) is 22.3 Å². The van der Waals surface area contributed by atoms with Crippen molar-refractivity contribution in [3.63, 3.8) is 0 Å². The summed E-state index contributed by atoms with van der Waals surface area (Å²) in [6.45, 7) is 8.77. The van der Waals surface area contributed by atoms with Gasteiger partial charge >= 0.3 is 16.5 Å². The summed E-state index contributed by atoms with van der Waals surface area (Å²) in [5, 5.41) is 3.95. The van der Waals surface area contributed by atoms with E-state index in [0.29, 0.717) is 13.2 Å². The van der Waals surface area contributed by atoms with E-state index in [1.807, 2.05) is 76.2 Å². The van der Waals surface area contributed by atoms with Crippen molar-refractivity contribution in [2.24, 2.45) is 0 Å². The third-order valence-electron chi connectivity index (χ3n) is 8.50. The first kappa shape index (κ1) is 28.0. The summed E-state index contributed by atoms with van der Waals surface area (Å²) in [5.41, 5.74) is 7.13. The number of aryl methyl sites for hydroxylation is 4. The number of benzene rings is 4. The molecular weight excluding hydrogens is 598 g/mol. The minimum Gasteiger partial charge on any atom is -0.399 e. The van der Waals surface area contributed by atoms with Gasteiger partial charge in [0, 0.05) is 21.5 Å². The number of rotatable bonds is 4. The predicted octanol–water partition coefficient (Wildman–Crippen LogP) is 9.22. The summed E-state index contributed by atoms with van der Waals surface area (Å²) in [4.78, 5) is 0. The highest BCUT2D eigenvalue weighted by molar-refractivity contribution is 7.32. The van der Waals surface area contributed by atoms with Crippen LogP contribution in [0.25, 0.3) is 43.9 Å². The number of fused-ring (bicyclic) bond motifs is 7. The molecule has 4 atom stereocenters. The molecule has 6 aromatic rings. The Balaban J connectivity index is 1.12. The highest BCUT2D eigenvalue weighted by Gasteiger charge is 2.50. The summed E-state index contributed by atoms with van der Waals surface area (Å²) in [6, 6.07) is 24.5. The second kappa shape index (κ2) is 11.1. The average Bonchev–Trinajstić information content (AvgIpc) is 3.49. The van der Waals surface area contributed by atoms with Crippen LogP contribution >= 0.6 is 16.5 Å². The van der Waals surface area contributed by atoms with E-state index in [1.54, 1.807) is 0 Å². The molecule has 0 bridgehead atoms. The Labute approximate surface area is 255 Å². The molecule has 2 saturated heterocycles. The highest BCUT2D eigenvalue weighted by Crippen LogP contribution is 2.42. The van der Waals surface area contributed by atoms with Gasteiger partial charge in [0.2, 0.25) is 0 Å². The summed E-state index contributed by atoms with van der Waals surface area (Å²) in [6.07, 6.45) is -1.49. The molecule has 44 heavy (non-hydrogen) atoms. The smallest absolute Gasteiger partial charge is 0.387 e. The molecule has 2 aliphatic heterocycles. The van der Waals surface area contributed by atoms with Gasteiger partial charge in [0.05, 0.1) is 13.2 Å². The van der Waals surface area contributed by atoms with Gasteiger partial charge in [-0.15, -0.1) is 0 Å². The van der Waals surface area contributed by atoms with E-state index in [1.165, 1.54) is 0 Å². The zero-order valence-electron chi connectivity index (χ0n) is 24.8. The van der Waals surface area contributed by atoms with Crippen molar-refractivity contribution in [2.45, 2.75) is 52.1 Å². The maximum atomic E-state index is 6.51. The maximum absolute atomic E-state index is 6.51. The summed E-state index contributed by atoms with van der Waals surface area (Å²) in [7, 11) is -3.57. The van der Waals surface area contributed by atoms with Gasteiger partial charge in [-0.2, -0.15) is 0 Å². The Hall–Kier alpha value is -3.48. The highest BCUT2D eigenvalue weighted by atomic mass is 31.1. The van der Waals surface area contributed by atoms with Gasteiger partial charge in [-0.1, -0.05) is 72.8 Å². The average molecular weight is 631 g/mol. The molecule has 0 amide bonds. The van der Waals surface area contributed by atoms with Crippen molar-refractivity contribution in [2.75, 3.05) is 13.2 Å². The predicted molar refractivity (Wildman–Crippen MR) is 172 cm³/mol. The Kier molecular flexibility index (Phi) is 7.10. The van der Waals surface area contributed by atoms with Crippen molar-refractivity contribution in [3.05, 3.63) is 95.1 Å². The molecule has 0 unspecified atom stereocenters. The van der Waals surface area contributed by atoms with Crippen LogP contribution in [0, 0.1) is 27.7 Å². The lowest BCUT2D eigenvalue weighted by Gasteiger charge is -2.15. The fourth-order valence-electron chi connectivity index (χ4n) is 6.20. The molecule has 0 aliphatic carbocycles. The molecule has 2 fully saturated rings. The number of hydrogen-bond donors (Lipinski definition) is 0. The van der Waals surface area contributed by atoms with E-state index >= 15 is 0 Å². The van der Waals surface area contributed by atoms with E-state index in [9.17, 15) is 0 Å². The number of hydrogen-bond acceptors (Lipinski definition) is 8. The number of ether oxygens (including phenoxy) is 2. The van der Waals surface area contributed by atoms with Crippen LogP contribution in [0.4, 0.5) is 0 Å². The first-order chi connectivity index (χ1) is 21.4. The van der Waals surface area contributed by atoms with Gasteiger partial charge in [0.15, 0.2) is 0 Å². The molecule has 8 nitrogen and oxygen atoms in total. The molecule has 2 aromatic heterocycles. The van der Waals surface area contributed by atoms with E-state index in [4.69, 9.17) is 35.3 Å². The molecule has 0 N–H and O–H groups in total. The fourth-order valence-corrected chi connectivity index (χ4v) is 8.81. The van der Waals surface area contributed by atoms with Crippen LogP contribution in [0.3, 0.4) is 0 Å². The third-order valence-corrected chi connectivity index (χ3v) is 10.7. The Morgan fingerprint density at radius 3 is 1.07 bits per heavy atom. The zero-order valence-corrected chi connectivity index (χ0v) is 26.6. The second-order valence-electron chi connectivity index (χ2n) is 11.5. The molecule has 4 aromatic carbocycles. The van der Waals surface area contributed by atoms with E-state index < -0.39 is 28.7 Å². The van der Waals surface area contributed by atoms with Crippen molar-refractivity contribution in [1.29, 1.82) is 0 Å². The van der Waals surface area contributed by atoms with Gasteiger partial charge in [-0.05, 0) is 49.9 Å². The van der Waals surface area contributed by atoms with Crippen LogP contribution in [0.2, 0.25) is 0 Å². The maximum Gasteiger partial charge on any atom is 0.387 e. The minimum absolute atomic E-state index is 0.325. The zero-order chi connectivity index (χ0) is 29.9. The molecular formula is C34H32O8P2. The Bertz CT molecular complexity index is 1850. The monoisotopic (exact) mass is 630 g/mol. The third kappa shape index (κ3) is 4.78. The Morgan fingerprint density at radius 2 is 0.773 bits per heavy atom. The Morgan fingerprint density at radius 1 is 0.477 bits per heavy atom. The van der Waals surface area contributed by atoms with Crippen LogP contribution < -0.4 is 9.05 Å². The SMILES string of the molecule is Cc1cccc2c1op(O[C@@H]1CO[C@H]3[C@@H]1OC[C@H]3Op1oc3c(C)cccc3c3cccc(C)c3o1)oc1c(C)cccc12. The minimum atomic E-state index is -1.78. The van der Waals surface area contributed by atoms with Gasteiger partial charge in [0.1, 0.15) is 46.7 Å². The van der Waals surface area contributed by atoms with E-state index in [0.717, 1.165) is 66.1 Å². The standard InChI is InChI=1S/C34H32O8P2/c1-19-9-5-13-23-24-14-6-10-20(2)30(24)40-43(39-29(19)23)37-27-17-35-34-28(18-36-33(27)34)38-44-41-31-21(3)11-7-15-25(31)26-16-8-12-22(4)32(26)42-44/h5-16,27-28,33-34H,17-18H2,1-4H3/t27-,28-,33-,34-/m1/s1. The van der Waals surface area contributed by atoms with Gasteiger partial charge < -0.3 is 26.3 Å². The molecule has 0 saturated carbocycles. The lowest BCUT2D eigenvalue weighted by molar-refractivity contribution is 0.0401. The molecule has 8 rings (SSSR count). The first-order valence-electron chi connectivity index (χ1n) is 14.7. The fraction of sp³-hybridized carbons (Fsp3) is 0.294. The molecule has 4 heterocycles. The van der Waals surface area contributed by atoms with Gasteiger partial charge in [-0.3, -0.25) is 9.05 Å². The first-order valence-corrected chi connectivity index (χ1v) is 16.9. The second-order valence-corrected chi connectivity index (χ2v) is 13.5. The van der Waals surface area contributed by atoms with Crippen molar-refractivity contribution < 1.29 is 35.3 Å². The van der Waals surface area contributed by atoms with Crippen LogP contribution in [-0.2, 0) is 9.47 Å². The summed E-state index contributed by atoms with van der Waals surface area (Å²) in [5.74, 6) is 0. The van der Waals surface area contributed by atoms with Gasteiger partial charge in [-0.25, -0.2) is 0 Å². The summed E-state index contributed by atoms with van der Waals surface area (Å²) >= 11 is 0. The van der Waals surface area contributed by atoms with Crippen LogP contribution in [-0.4, -0.2) is 37.6 Å². The van der Waals surface area contributed by atoms with Crippen molar-refractivity contribution in [3.8, 4) is 0 Å². The molecule has 0 radical (unpaired) electrons. The van der Waals surface area contributed by atoms with Crippen LogP contribution in [0.15, 0.2) is 89.6 Å². The number of para-hydroxylation sites is 4. The van der Waals surface area contributed by atoms with Gasteiger partial charge in [0.25, 0.3) is 0 Å².